The normalized spacial score (nSPS) is 34.2. The van der Waals surface area contributed by atoms with Crippen LogP contribution in [0.2, 0.25) is 0 Å². The highest BCUT2D eigenvalue weighted by molar-refractivity contribution is 5.97. The van der Waals surface area contributed by atoms with E-state index in [0.29, 0.717) is 49.4 Å². The van der Waals surface area contributed by atoms with Gasteiger partial charge >= 0.3 is 6.18 Å². The molecule has 0 radical (unpaired) electrons. The largest absolute Gasteiger partial charge is 0.493 e. The first-order chi connectivity index (χ1) is 20.6. The monoisotopic (exact) mass is 594 g/mol. The van der Waals surface area contributed by atoms with Gasteiger partial charge in [-0.15, -0.1) is 0 Å². The van der Waals surface area contributed by atoms with Gasteiger partial charge in [0.05, 0.1) is 17.9 Å². The number of fused-ring (bicyclic) bond motifs is 1. The zero-order valence-corrected chi connectivity index (χ0v) is 24.8. The van der Waals surface area contributed by atoms with Gasteiger partial charge in [-0.1, -0.05) is 42.5 Å². The van der Waals surface area contributed by atoms with Crippen molar-refractivity contribution in [3.05, 3.63) is 70.8 Å². The number of rotatable bonds is 7. The van der Waals surface area contributed by atoms with Gasteiger partial charge < -0.3 is 19.1 Å². The lowest BCUT2D eigenvalue weighted by Crippen LogP contribution is -2.79. The lowest BCUT2D eigenvalue weighted by Gasteiger charge is -2.70. The van der Waals surface area contributed by atoms with Crippen LogP contribution in [0.5, 0.6) is 11.5 Å². The van der Waals surface area contributed by atoms with Gasteiger partial charge in [0.2, 0.25) is 0 Å². The Morgan fingerprint density at radius 2 is 1.84 bits per heavy atom. The molecule has 1 amide bonds. The number of methoxy groups -OCH3 is 2. The number of hydrogen-bond donors (Lipinski definition) is 0. The molecule has 0 N–H and O–H groups in total. The second-order valence-electron chi connectivity index (χ2n) is 13.7. The highest BCUT2D eigenvalue weighted by Gasteiger charge is 2.80. The van der Waals surface area contributed by atoms with Crippen LogP contribution in [-0.2, 0) is 27.9 Å². The number of benzene rings is 2. The second-order valence-corrected chi connectivity index (χ2v) is 13.7. The van der Waals surface area contributed by atoms with Crippen molar-refractivity contribution in [2.75, 3.05) is 34.4 Å². The molecule has 2 spiro atoms. The summed E-state index contributed by atoms with van der Waals surface area (Å²) in [5.41, 5.74) is 0.101. The molecule has 5 atom stereocenters. The molecule has 2 aromatic rings. The maximum atomic E-state index is 14.4. The summed E-state index contributed by atoms with van der Waals surface area (Å²) in [6, 6.07) is 13.6. The van der Waals surface area contributed by atoms with Crippen LogP contribution in [0.3, 0.4) is 0 Å². The van der Waals surface area contributed by atoms with Crippen molar-refractivity contribution in [3.63, 3.8) is 0 Å². The van der Waals surface area contributed by atoms with Gasteiger partial charge in [0, 0.05) is 49.8 Å². The number of nitrogens with zero attached hydrogens (tertiary/aromatic N) is 2. The lowest BCUT2D eigenvalue weighted by molar-refractivity contribution is -0.216. The summed E-state index contributed by atoms with van der Waals surface area (Å²) >= 11 is 0. The van der Waals surface area contributed by atoms with E-state index in [0.717, 1.165) is 23.1 Å². The summed E-state index contributed by atoms with van der Waals surface area (Å²) < 4.78 is 62.0. The Bertz CT molecular complexity index is 1540. The molecule has 7 aliphatic rings. The van der Waals surface area contributed by atoms with E-state index < -0.39 is 34.1 Å². The molecular weight excluding hydrogens is 557 g/mol. The minimum atomic E-state index is -4.23. The average Bonchev–Trinajstić information content (AvgIpc) is 3.71. The molecule has 228 valence electrons. The van der Waals surface area contributed by atoms with E-state index in [9.17, 15) is 18.0 Å². The summed E-state index contributed by atoms with van der Waals surface area (Å²) in [7, 11) is 5.09. The number of piperidine rings is 1. The van der Waals surface area contributed by atoms with Crippen molar-refractivity contribution in [3.8, 4) is 11.5 Å². The standard InChI is InChI=1S/C34H37F3N2O4/c1-38(19-21-7-5-4-6-8-21)28(40)23-18-31-13-14-33(23,42-3)29-32(31)15-16-39(20-30(11-12-30)34(35,36)37)25(31)17-22-9-10-24(41-2)27(43-29)26(22)32/h4-10,18,25,29H,11-17,19-20H2,1-3H3/t25-,29-,31-,32+,33-/m1/s1. The molecule has 2 saturated carbocycles. The van der Waals surface area contributed by atoms with Gasteiger partial charge in [0.1, 0.15) is 11.7 Å². The number of hydrogen-bond acceptors (Lipinski definition) is 5. The van der Waals surface area contributed by atoms with E-state index in [1.54, 1.807) is 26.2 Å². The molecule has 2 heterocycles. The molecule has 2 aromatic carbocycles. The van der Waals surface area contributed by atoms with E-state index in [1.165, 1.54) is 0 Å². The number of amides is 1. The van der Waals surface area contributed by atoms with Crippen molar-refractivity contribution in [1.82, 2.24) is 9.80 Å². The van der Waals surface area contributed by atoms with Crippen molar-refractivity contribution in [1.29, 1.82) is 0 Å². The number of likely N-dealkylation sites (tertiary alicyclic amines) is 1. The SMILES string of the molecule is COc1ccc2c3c1O[C@@H]1[C@]34CCN(CC3(C(F)(F)F)CC3)[C@H](C2)[C@@]42C=C(C(=O)N(C)Cc3ccccc3)[C@]1(OC)CC2. The Balaban J connectivity index is 1.29. The van der Waals surface area contributed by atoms with Crippen molar-refractivity contribution >= 4 is 5.91 Å². The van der Waals surface area contributed by atoms with Gasteiger partial charge in [-0.3, -0.25) is 9.69 Å². The number of carbonyl (C=O) groups excluding carboxylic acids is 1. The maximum absolute atomic E-state index is 14.4. The third-order valence-corrected chi connectivity index (χ3v) is 12.0. The molecule has 3 fully saturated rings. The molecule has 9 heteroatoms. The van der Waals surface area contributed by atoms with E-state index >= 15 is 0 Å². The first-order valence-corrected chi connectivity index (χ1v) is 15.3. The van der Waals surface area contributed by atoms with Crippen LogP contribution in [-0.4, -0.2) is 74.0 Å². The highest BCUT2D eigenvalue weighted by atomic mass is 19.4. The Morgan fingerprint density at radius 3 is 2.51 bits per heavy atom. The molecule has 6 nitrogen and oxygen atoms in total. The summed E-state index contributed by atoms with van der Waals surface area (Å²) in [4.78, 5) is 18.3. The molecule has 5 aliphatic carbocycles. The van der Waals surface area contributed by atoms with Gasteiger partial charge in [-0.2, -0.15) is 13.2 Å². The lowest BCUT2D eigenvalue weighted by atomic mass is 9.37. The van der Waals surface area contributed by atoms with Crippen LogP contribution >= 0.6 is 0 Å². The number of likely N-dealkylation sites (N-methyl/N-ethyl adjacent to an activating group) is 1. The van der Waals surface area contributed by atoms with Crippen molar-refractivity contribution < 1.29 is 32.2 Å². The molecule has 9 rings (SSSR count). The first kappa shape index (κ1) is 27.5. The Morgan fingerprint density at radius 1 is 1.07 bits per heavy atom. The van der Waals surface area contributed by atoms with Crippen LogP contribution in [0, 0.1) is 10.8 Å². The van der Waals surface area contributed by atoms with Crippen LogP contribution in [0.1, 0.15) is 48.8 Å². The quantitative estimate of drug-likeness (QED) is 0.428. The van der Waals surface area contributed by atoms with E-state index in [4.69, 9.17) is 14.2 Å². The fraction of sp³-hybridized carbons (Fsp3) is 0.559. The molecule has 2 aliphatic heterocycles. The predicted octanol–water partition coefficient (Wildman–Crippen LogP) is 5.43. The molecule has 4 bridgehead atoms. The van der Waals surface area contributed by atoms with Gasteiger partial charge in [0.15, 0.2) is 11.5 Å². The van der Waals surface area contributed by atoms with Crippen LogP contribution < -0.4 is 9.47 Å². The third kappa shape index (κ3) is 3.30. The predicted molar refractivity (Wildman–Crippen MR) is 153 cm³/mol. The number of ether oxygens (including phenoxy) is 3. The minimum absolute atomic E-state index is 0.00329. The third-order valence-electron chi connectivity index (χ3n) is 12.0. The van der Waals surface area contributed by atoms with Gasteiger partial charge in [0.25, 0.3) is 5.91 Å². The van der Waals surface area contributed by atoms with E-state index in [-0.39, 0.29) is 31.3 Å². The summed E-state index contributed by atoms with van der Waals surface area (Å²) in [5.74, 6) is 1.22. The summed E-state index contributed by atoms with van der Waals surface area (Å²) in [6.45, 7) is 0.983. The van der Waals surface area contributed by atoms with Gasteiger partial charge in [-0.05, 0) is 62.3 Å². The number of alkyl halides is 3. The Kier molecular flexibility index (Phi) is 5.62. The Labute approximate surface area is 249 Å². The molecule has 0 aromatic heterocycles. The zero-order chi connectivity index (χ0) is 30.0. The highest BCUT2D eigenvalue weighted by Crippen LogP contribution is 2.75. The molecular formula is C34H37F3N2O4. The fourth-order valence-electron chi connectivity index (χ4n) is 9.79. The topological polar surface area (TPSA) is 51.2 Å². The molecule has 1 saturated heterocycles. The van der Waals surface area contributed by atoms with Gasteiger partial charge in [-0.25, -0.2) is 0 Å². The molecule has 43 heavy (non-hydrogen) atoms. The average molecular weight is 595 g/mol. The smallest absolute Gasteiger partial charge is 0.395 e. The minimum Gasteiger partial charge on any atom is -0.493 e. The Hall–Kier alpha value is -3.04. The van der Waals surface area contributed by atoms with Crippen molar-refractivity contribution in [2.45, 2.75) is 74.4 Å². The van der Waals surface area contributed by atoms with Crippen LogP contribution in [0.4, 0.5) is 13.2 Å². The maximum Gasteiger partial charge on any atom is 0.395 e. The fourth-order valence-corrected chi connectivity index (χ4v) is 9.79. The zero-order valence-electron chi connectivity index (χ0n) is 24.8. The van der Waals surface area contributed by atoms with E-state index in [2.05, 4.69) is 17.0 Å². The second kappa shape index (κ2) is 8.78. The van der Waals surface area contributed by atoms with E-state index in [1.807, 2.05) is 36.4 Å². The van der Waals surface area contributed by atoms with Crippen molar-refractivity contribution in [2.24, 2.45) is 10.8 Å². The first-order valence-electron chi connectivity index (χ1n) is 15.3. The summed E-state index contributed by atoms with van der Waals surface area (Å²) in [5, 5.41) is 0. The number of carbonyl (C=O) groups is 1. The number of halogens is 3. The van der Waals surface area contributed by atoms with Crippen LogP contribution in [0.15, 0.2) is 54.1 Å². The summed E-state index contributed by atoms with van der Waals surface area (Å²) in [6.07, 6.45) is 0.312. The molecule has 0 unspecified atom stereocenters. The van der Waals surface area contributed by atoms with Crippen LogP contribution in [0.25, 0.3) is 0 Å².